The zero-order valence-corrected chi connectivity index (χ0v) is 14.5. The van der Waals surface area contributed by atoms with Gasteiger partial charge in [0.05, 0.1) is 5.56 Å². The van der Waals surface area contributed by atoms with Crippen molar-refractivity contribution in [2.45, 2.75) is 26.7 Å². The summed E-state index contributed by atoms with van der Waals surface area (Å²) in [7, 11) is 0. The van der Waals surface area contributed by atoms with Crippen LogP contribution in [0.25, 0.3) is 0 Å². The van der Waals surface area contributed by atoms with E-state index in [0.29, 0.717) is 22.7 Å². The van der Waals surface area contributed by atoms with E-state index < -0.39 is 11.9 Å². The Morgan fingerprint density at radius 2 is 1.48 bits per heavy atom. The largest absolute Gasteiger partial charge is 0.452 e. The Morgan fingerprint density at radius 1 is 0.920 bits per heavy atom. The van der Waals surface area contributed by atoms with Gasteiger partial charge in [0, 0.05) is 11.3 Å². The van der Waals surface area contributed by atoms with Crippen molar-refractivity contribution in [1.82, 2.24) is 0 Å². The van der Waals surface area contributed by atoms with Crippen LogP contribution >= 0.6 is 0 Å². The molecule has 0 fully saturated rings. The number of amides is 1. The number of esters is 1. The molecule has 2 aromatic rings. The van der Waals surface area contributed by atoms with E-state index in [1.54, 1.807) is 36.4 Å². The predicted molar refractivity (Wildman–Crippen MR) is 95.9 cm³/mol. The molecule has 0 bridgehead atoms. The molecule has 130 valence electrons. The molecule has 5 nitrogen and oxygen atoms in total. The smallest absolute Gasteiger partial charge is 0.338 e. The Kier molecular flexibility index (Phi) is 6.06. The highest BCUT2D eigenvalue weighted by molar-refractivity contribution is 5.97. The van der Waals surface area contributed by atoms with Crippen LogP contribution in [0.5, 0.6) is 0 Å². The van der Waals surface area contributed by atoms with Crippen molar-refractivity contribution in [2.24, 2.45) is 0 Å². The fraction of sp³-hybridized carbons (Fsp3) is 0.250. The number of benzene rings is 2. The fourth-order valence-electron chi connectivity index (χ4n) is 2.20. The van der Waals surface area contributed by atoms with Crippen LogP contribution in [0.15, 0.2) is 48.5 Å². The molecule has 0 aromatic heterocycles. The highest BCUT2D eigenvalue weighted by Gasteiger charge is 2.11. The summed E-state index contributed by atoms with van der Waals surface area (Å²) in [4.78, 5) is 35.0. The van der Waals surface area contributed by atoms with Gasteiger partial charge in [-0.05, 0) is 54.8 Å². The molecule has 0 aliphatic heterocycles. The first kappa shape index (κ1) is 18.4. The van der Waals surface area contributed by atoms with Crippen LogP contribution in [0, 0.1) is 0 Å². The maximum absolute atomic E-state index is 12.0. The Hall–Kier alpha value is -2.95. The Morgan fingerprint density at radius 3 is 2.00 bits per heavy atom. The number of Topliss-reactive ketones (excluding diaryl/α,β-unsaturated/α-hetero) is 1. The molecule has 1 amide bonds. The average molecular weight is 339 g/mol. The number of anilines is 1. The second-order valence-corrected chi connectivity index (χ2v) is 6.03. The summed E-state index contributed by atoms with van der Waals surface area (Å²) >= 11 is 0. The maximum Gasteiger partial charge on any atom is 0.338 e. The molecule has 0 atom stereocenters. The van der Waals surface area contributed by atoms with Crippen molar-refractivity contribution in [1.29, 1.82) is 0 Å². The fourth-order valence-corrected chi connectivity index (χ4v) is 2.20. The van der Waals surface area contributed by atoms with Crippen molar-refractivity contribution in [3.8, 4) is 0 Å². The first-order valence-electron chi connectivity index (χ1n) is 8.04. The molecule has 0 radical (unpaired) electrons. The lowest BCUT2D eigenvalue weighted by Crippen LogP contribution is -2.21. The Balaban J connectivity index is 1.86. The summed E-state index contributed by atoms with van der Waals surface area (Å²) in [6.45, 7) is 5.24. The van der Waals surface area contributed by atoms with Crippen molar-refractivity contribution in [2.75, 3.05) is 11.9 Å². The monoisotopic (exact) mass is 339 g/mol. The number of nitrogens with one attached hydrogen (secondary N) is 1. The zero-order valence-electron chi connectivity index (χ0n) is 14.5. The van der Waals surface area contributed by atoms with E-state index in [9.17, 15) is 14.4 Å². The van der Waals surface area contributed by atoms with Gasteiger partial charge in [-0.1, -0.05) is 26.0 Å². The van der Waals surface area contributed by atoms with Crippen molar-refractivity contribution in [3.63, 3.8) is 0 Å². The van der Waals surface area contributed by atoms with Crippen molar-refractivity contribution < 1.29 is 19.1 Å². The zero-order chi connectivity index (χ0) is 18.4. The average Bonchev–Trinajstić information content (AvgIpc) is 2.60. The van der Waals surface area contributed by atoms with Gasteiger partial charge in [0.25, 0.3) is 5.91 Å². The number of hydrogen-bond acceptors (Lipinski definition) is 4. The molecule has 2 aromatic carbocycles. The highest BCUT2D eigenvalue weighted by Crippen LogP contribution is 2.15. The summed E-state index contributed by atoms with van der Waals surface area (Å²) in [6, 6.07) is 13.6. The lowest BCUT2D eigenvalue weighted by atomic mass is 10.0. The maximum atomic E-state index is 12.0. The van der Waals surface area contributed by atoms with Crippen LogP contribution in [-0.4, -0.2) is 24.3 Å². The number of carbonyl (C=O) groups is 3. The van der Waals surface area contributed by atoms with Crippen LogP contribution in [0.1, 0.15) is 53.0 Å². The van der Waals surface area contributed by atoms with Gasteiger partial charge in [-0.25, -0.2) is 4.79 Å². The number of hydrogen-bond donors (Lipinski definition) is 1. The van der Waals surface area contributed by atoms with E-state index in [1.165, 1.54) is 6.92 Å². The molecule has 1 N–H and O–H groups in total. The molecule has 5 heteroatoms. The van der Waals surface area contributed by atoms with Gasteiger partial charge in [-0.15, -0.1) is 0 Å². The van der Waals surface area contributed by atoms with Gasteiger partial charge in [-0.3, -0.25) is 9.59 Å². The minimum atomic E-state index is -0.544. The van der Waals surface area contributed by atoms with Crippen LogP contribution in [0.4, 0.5) is 5.69 Å². The minimum absolute atomic E-state index is 0.0460. The topological polar surface area (TPSA) is 72.5 Å². The minimum Gasteiger partial charge on any atom is -0.452 e. The van der Waals surface area contributed by atoms with E-state index in [1.807, 2.05) is 12.1 Å². The van der Waals surface area contributed by atoms with E-state index in [0.717, 1.165) is 5.56 Å². The Bertz CT molecular complexity index is 761. The Labute approximate surface area is 147 Å². The molecular formula is C20H21NO4. The van der Waals surface area contributed by atoms with Crippen LogP contribution in [0.2, 0.25) is 0 Å². The van der Waals surface area contributed by atoms with Crippen LogP contribution in [0.3, 0.4) is 0 Å². The number of ketones is 1. The van der Waals surface area contributed by atoms with E-state index in [2.05, 4.69) is 19.2 Å². The molecule has 0 aliphatic carbocycles. The third kappa shape index (κ3) is 5.28. The highest BCUT2D eigenvalue weighted by atomic mass is 16.5. The van der Waals surface area contributed by atoms with Crippen LogP contribution in [-0.2, 0) is 9.53 Å². The molecule has 2 rings (SSSR count). The summed E-state index contributed by atoms with van der Waals surface area (Å²) in [5.41, 5.74) is 2.63. The number of carbonyl (C=O) groups excluding carboxylic acids is 3. The normalized spacial score (nSPS) is 10.4. The van der Waals surface area contributed by atoms with Gasteiger partial charge in [0.1, 0.15) is 0 Å². The number of rotatable bonds is 6. The van der Waals surface area contributed by atoms with Gasteiger partial charge in [0.2, 0.25) is 0 Å². The lowest BCUT2D eigenvalue weighted by molar-refractivity contribution is -0.119. The summed E-state index contributed by atoms with van der Waals surface area (Å²) < 4.78 is 5.02. The molecule has 0 spiro atoms. The van der Waals surface area contributed by atoms with E-state index >= 15 is 0 Å². The molecule has 0 heterocycles. The molecule has 0 saturated heterocycles. The second kappa shape index (κ2) is 8.24. The standard InChI is InChI=1S/C20H21NO4/c1-13(2)15-4-6-17(7-5-15)20(24)25-12-19(23)21-18-10-8-16(9-11-18)14(3)22/h4-11,13H,12H2,1-3H3,(H,21,23). The van der Waals surface area contributed by atoms with Gasteiger partial charge in [0.15, 0.2) is 12.4 Å². The van der Waals surface area contributed by atoms with Gasteiger partial charge < -0.3 is 10.1 Å². The SMILES string of the molecule is CC(=O)c1ccc(NC(=O)COC(=O)c2ccc(C(C)C)cc2)cc1. The van der Waals surface area contributed by atoms with Gasteiger partial charge in [-0.2, -0.15) is 0 Å². The summed E-state index contributed by atoms with van der Waals surface area (Å²) in [5.74, 6) is -0.652. The van der Waals surface area contributed by atoms with E-state index in [-0.39, 0.29) is 12.4 Å². The molecular weight excluding hydrogens is 318 g/mol. The molecule has 25 heavy (non-hydrogen) atoms. The lowest BCUT2D eigenvalue weighted by Gasteiger charge is -2.08. The van der Waals surface area contributed by atoms with Crippen LogP contribution < -0.4 is 5.32 Å². The quantitative estimate of drug-likeness (QED) is 0.642. The first-order valence-corrected chi connectivity index (χ1v) is 8.04. The molecule has 0 saturated carbocycles. The van der Waals surface area contributed by atoms with E-state index in [4.69, 9.17) is 4.74 Å². The van der Waals surface area contributed by atoms with Gasteiger partial charge >= 0.3 is 5.97 Å². The third-order valence-electron chi connectivity index (χ3n) is 3.72. The van der Waals surface area contributed by atoms with Crippen molar-refractivity contribution in [3.05, 3.63) is 65.2 Å². The molecule has 0 unspecified atom stereocenters. The number of ether oxygens (including phenoxy) is 1. The summed E-state index contributed by atoms with van der Waals surface area (Å²) in [5, 5.41) is 2.61. The third-order valence-corrected chi connectivity index (χ3v) is 3.72. The molecule has 0 aliphatic rings. The van der Waals surface area contributed by atoms with Crippen molar-refractivity contribution >= 4 is 23.3 Å². The predicted octanol–water partition coefficient (Wildman–Crippen LogP) is 3.81. The second-order valence-electron chi connectivity index (χ2n) is 6.03. The first-order chi connectivity index (χ1) is 11.9. The summed E-state index contributed by atoms with van der Waals surface area (Å²) in [6.07, 6.45) is 0.